The van der Waals surface area contributed by atoms with Crippen molar-refractivity contribution < 1.29 is 0 Å². The zero-order valence-corrected chi connectivity index (χ0v) is 14.7. The zero-order chi connectivity index (χ0) is 15.6. The van der Waals surface area contributed by atoms with E-state index in [0.717, 1.165) is 23.4 Å². The number of fused-ring (bicyclic) bond motifs is 1. The third-order valence-corrected chi connectivity index (χ3v) is 5.25. The lowest BCUT2D eigenvalue weighted by Gasteiger charge is -2.20. The van der Waals surface area contributed by atoms with E-state index in [-0.39, 0.29) is 0 Å². The molecule has 1 aromatic heterocycles. The number of rotatable bonds is 3. The maximum Gasteiger partial charge on any atom is 0.229 e. The fourth-order valence-corrected chi connectivity index (χ4v) is 4.52. The van der Waals surface area contributed by atoms with E-state index in [4.69, 9.17) is 0 Å². The van der Waals surface area contributed by atoms with E-state index in [9.17, 15) is 0 Å². The Morgan fingerprint density at radius 3 is 2.57 bits per heavy atom. The molecule has 0 saturated heterocycles. The Labute approximate surface area is 147 Å². The van der Waals surface area contributed by atoms with Gasteiger partial charge in [-0.1, -0.05) is 45.9 Å². The van der Waals surface area contributed by atoms with Crippen molar-refractivity contribution in [3.8, 4) is 0 Å². The van der Waals surface area contributed by atoms with Gasteiger partial charge >= 0.3 is 0 Å². The van der Waals surface area contributed by atoms with E-state index >= 15 is 0 Å². The Hall–Kier alpha value is -1.85. The van der Waals surface area contributed by atoms with Gasteiger partial charge in [0.15, 0.2) is 0 Å². The lowest BCUT2D eigenvalue weighted by Crippen LogP contribution is -2.16. The zero-order valence-electron chi connectivity index (χ0n) is 12.3. The first kappa shape index (κ1) is 14.7. The van der Waals surface area contributed by atoms with Crippen molar-refractivity contribution >= 4 is 39.3 Å². The largest absolute Gasteiger partial charge is 0.309 e. The van der Waals surface area contributed by atoms with Gasteiger partial charge in [0.25, 0.3) is 0 Å². The maximum atomic E-state index is 4.42. The van der Waals surface area contributed by atoms with Crippen LogP contribution in [-0.2, 0) is 6.42 Å². The summed E-state index contributed by atoms with van der Waals surface area (Å²) in [4.78, 5) is 13.5. The van der Waals surface area contributed by atoms with Crippen LogP contribution in [0.1, 0.15) is 5.56 Å². The minimum atomic E-state index is 0.767. The van der Waals surface area contributed by atoms with Crippen LogP contribution in [0.4, 0.5) is 11.6 Å². The van der Waals surface area contributed by atoms with E-state index < -0.39 is 0 Å². The van der Waals surface area contributed by atoms with Gasteiger partial charge in [-0.15, -0.1) is 0 Å². The average Bonchev–Trinajstić information content (AvgIpc) is 3.00. The summed E-state index contributed by atoms with van der Waals surface area (Å²) in [6, 6.07) is 16.7. The molecule has 0 spiro atoms. The first-order chi connectivity index (χ1) is 11.3. The smallest absolute Gasteiger partial charge is 0.229 e. The monoisotopic (exact) mass is 383 g/mol. The summed E-state index contributed by atoms with van der Waals surface area (Å²) in [5.41, 5.74) is 2.57. The third-order valence-electron chi connectivity index (χ3n) is 3.76. The lowest BCUT2D eigenvalue weighted by atomic mass is 10.2. The van der Waals surface area contributed by atoms with E-state index in [1.165, 1.54) is 21.0 Å². The molecule has 0 saturated carbocycles. The molecule has 0 unspecified atom stereocenters. The van der Waals surface area contributed by atoms with Gasteiger partial charge in [-0.2, -0.15) is 0 Å². The minimum Gasteiger partial charge on any atom is -0.309 e. The molecule has 0 radical (unpaired) electrons. The second-order valence-electron chi connectivity index (χ2n) is 5.28. The normalized spacial score (nSPS) is 13.2. The summed E-state index contributed by atoms with van der Waals surface area (Å²) in [7, 11) is 0. The van der Waals surface area contributed by atoms with Crippen LogP contribution in [0.3, 0.4) is 0 Å². The number of hydrogen-bond donors (Lipinski definition) is 0. The molecule has 4 rings (SSSR count). The molecule has 0 atom stereocenters. The van der Waals surface area contributed by atoms with Gasteiger partial charge < -0.3 is 4.90 Å². The molecule has 1 aliphatic rings. The number of halogens is 1. The van der Waals surface area contributed by atoms with Crippen LogP contribution < -0.4 is 4.90 Å². The molecule has 0 N–H and O–H groups in total. The number of anilines is 2. The molecular formula is C18H14BrN3S. The summed E-state index contributed by atoms with van der Waals surface area (Å²) in [6.45, 7) is 0.915. The van der Waals surface area contributed by atoms with Crippen LogP contribution in [0.25, 0.3) is 0 Å². The van der Waals surface area contributed by atoms with Gasteiger partial charge in [0, 0.05) is 33.2 Å². The molecule has 3 aromatic rings. The Morgan fingerprint density at radius 2 is 1.78 bits per heavy atom. The van der Waals surface area contributed by atoms with E-state index in [2.05, 4.69) is 67.2 Å². The number of nitrogens with zero attached hydrogens (tertiary/aromatic N) is 3. The molecule has 0 fully saturated rings. The molecule has 114 valence electrons. The van der Waals surface area contributed by atoms with Crippen molar-refractivity contribution in [2.24, 2.45) is 0 Å². The van der Waals surface area contributed by atoms with E-state index in [1.54, 1.807) is 24.2 Å². The van der Waals surface area contributed by atoms with Crippen LogP contribution in [0.15, 0.2) is 75.2 Å². The Balaban J connectivity index is 1.78. The number of hydrogen-bond acceptors (Lipinski definition) is 4. The predicted octanol–water partition coefficient (Wildman–Crippen LogP) is 5.08. The Morgan fingerprint density at radius 1 is 1.00 bits per heavy atom. The summed E-state index contributed by atoms with van der Waals surface area (Å²) >= 11 is 5.42. The van der Waals surface area contributed by atoms with E-state index in [1.807, 2.05) is 12.1 Å². The first-order valence-corrected chi connectivity index (χ1v) is 9.02. The van der Waals surface area contributed by atoms with Crippen LogP contribution >= 0.6 is 27.7 Å². The highest BCUT2D eigenvalue weighted by Crippen LogP contribution is 2.44. The molecule has 0 aliphatic carbocycles. The standard InChI is InChI=1S/C18H14BrN3S/c19-14-11-13-7-10-22(18-20-8-4-9-21-18)17(13)16(12-14)23-15-5-2-1-3-6-15/h1-6,8-9,11-12H,7,10H2. The van der Waals surface area contributed by atoms with Crippen molar-refractivity contribution in [3.63, 3.8) is 0 Å². The highest BCUT2D eigenvalue weighted by Gasteiger charge is 2.26. The van der Waals surface area contributed by atoms with Crippen molar-refractivity contribution in [2.45, 2.75) is 16.2 Å². The topological polar surface area (TPSA) is 29.0 Å². The molecule has 1 aliphatic heterocycles. The summed E-state index contributed by atoms with van der Waals surface area (Å²) in [5.74, 6) is 0.767. The number of benzene rings is 2. The first-order valence-electron chi connectivity index (χ1n) is 7.41. The third kappa shape index (κ3) is 2.99. The van der Waals surface area contributed by atoms with Crippen molar-refractivity contribution in [3.05, 3.63) is 71.0 Å². The molecule has 2 heterocycles. The second-order valence-corrected chi connectivity index (χ2v) is 7.31. The highest BCUT2D eigenvalue weighted by molar-refractivity contribution is 9.10. The van der Waals surface area contributed by atoms with Crippen LogP contribution in [0.5, 0.6) is 0 Å². The molecule has 2 aromatic carbocycles. The highest BCUT2D eigenvalue weighted by atomic mass is 79.9. The molecular weight excluding hydrogens is 370 g/mol. The van der Waals surface area contributed by atoms with Crippen LogP contribution in [0, 0.1) is 0 Å². The molecule has 3 nitrogen and oxygen atoms in total. The molecule has 5 heteroatoms. The Kier molecular flexibility index (Phi) is 4.06. The average molecular weight is 384 g/mol. The fraction of sp³-hybridized carbons (Fsp3) is 0.111. The fourth-order valence-electron chi connectivity index (χ4n) is 2.79. The number of aromatic nitrogens is 2. The summed E-state index contributed by atoms with van der Waals surface area (Å²) < 4.78 is 1.12. The van der Waals surface area contributed by atoms with E-state index in [0.29, 0.717) is 0 Å². The van der Waals surface area contributed by atoms with Crippen molar-refractivity contribution in [1.82, 2.24) is 9.97 Å². The van der Waals surface area contributed by atoms with Crippen molar-refractivity contribution in [1.29, 1.82) is 0 Å². The van der Waals surface area contributed by atoms with Crippen molar-refractivity contribution in [2.75, 3.05) is 11.4 Å². The van der Waals surface area contributed by atoms with Crippen LogP contribution in [0.2, 0.25) is 0 Å². The maximum absolute atomic E-state index is 4.42. The van der Waals surface area contributed by atoms with Gasteiger partial charge in [-0.05, 0) is 42.3 Å². The summed E-state index contributed by atoms with van der Waals surface area (Å²) in [5, 5.41) is 0. The van der Waals surface area contributed by atoms with Gasteiger partial charge in [0.2, 0.25) is 5.95 Å². The van der Waals surface area contributed by atoms with Crippen LogP contribution in [-0.4, -0.2) is 16.5 Å². The van der Waals surface area contributed by atoms with Gasteiger partial charge in [0.05, 0.1) is 5.69 Å². The SMILES string of the molecule is Brc1cc2c(c(Sc3ccccc3)c1)N(c1ncccn1)CC2. The summed E-state index contributed by atoms with van der Waals surface area (Å²) in [6.07, 6.45) is 4.60. The second kappa shape index (κ2) is 6.34. The Bertz CT molecular complexity index is 824. The quantitative estimate of drug-likeness (QED) is 0.630. The van der Waals surface area contributed by atoms with Gasteiger partial charge in [-0.3, -0.25) is 0 Å². The molecule has 0 amide bonds. The van der Waals surface area contributed by atoms with Gasteiger partial charge in [-0.25, -0.2) is 9.97 Å². The lowest BCUT2D eigenvalue weighted by molar-refractivity contribution is 0.935. The molecule has 23 heavy (non-hydrogen) atoms. The van der Waals surface area contributed by atoms with Gasteiger partial charge in [0.1, 0.15) is 0 Å². The minimum absolute atomic E-state index is 0.767. The predicted molar refractivity (Wildman–Crippen MR) is 97.4 cm³/mol. The molecule has 0 bridgehead atoms.